The molecule has 0 radical (unpaired) electrons. The van der Waals surface area contributed by atoms with Gasteiger partial charge in [0.15, 0.2) is 0 Å². The van der Waals surface area contributed by atoms with Crippen molar-refractivity contribution in [2.45, 2.75) is 76.7 Å². The molecule has 11 heteroatoms. The van der Waals surface area contributed by atoms with Gasteiger partial charge in [-0.25, -0.2) is 4.98 Å². The zero-order chi connectivity index (χ0) is 35.2. The molecule has 49 heavy (non-hydrogen) atoms. The second-order valence-electron chi connectivity index (χ2n) is 13.7. The number of hydrogen-bond acceptors (Lipinski definition) is 7. The van der Waals surface area contributed by atoms with Gasteiger partial charge < -0.3 is 19.5 Å². The van der Waals surface area contributed by atoms with E-state index in [4.69, 9.17) is 21.3 Å². The van der Waals surface area contributed by atoms with Gasteiger partial charge in [-0.3, -0.25) is 4.79 Å². The number of rotatable bonds is 15. The first-order valence-electron chi connectivity index (χ1n) is 16.4. The first-order chi connectivity index (χ1) is 23.3. The topological polar surface area (TPSA) is 109 Å². The maximum absolute atomic E-state index is 13.6. The molecular formula is C38H43ClN4O5S. The van der Waals surface area contributed by atoms with Crippen molar-refractivity contribution in [1.82, 2.24) is 14.9 Å². The summed E-state index contributed by atoms with van der Waals surface area (Å²) in [6.45, 7) is 11.8. The maximum Gasteiger partial charge on any atom is 0.294 e. The second-order valence-corrected chi connectivity index (χ2v) is 16.0. The standard InChI is InChI=1S/C38H43ClN4O5S/c1-37(2,3)49-35-31-22-30(47-25-29-17-14-27-10-6-7-11-32(27)41-29)18-19-33(31)42(24-26-12-15-28(39)16-13-26)34(35)23-38(4,5)36(44)40-20-8-9-21-48-43(45)46/h6-7,10-19,22H,8-9,20-21,23-25H2,1-5H3,(H,40,44). The lowest BCUT2D eigenvalue weighted by molar-refractivity contribution is -0.757. The van der Waals surface area contributed by atoms with E-state index in [1.54, 1.807) is 11.8 Å². The van der Waals surface area contributed by atoms with Gasteiger partial charge >= 0.3 is 0 Å². The van der Waals surface area contributed by atoms with Crippen molar-refractivity contribution in [1.29, 1.82) is 0 Å². The number of thioether (sulfide) groups is 1. The molecule has 5 aromatic rings. The average molecular weight is 703 g/mol. The van der Waals surface area contributed by atoms with Crippen molar-refractivity contribution < 1.29 is 19.5 Å². The minimum Gasteiger partial charge on any atom is -0.487 e. The van der Waals surface area contributed by atoms with Crippen LogP contribution in [0.1, 0.15) is 64.4 Å². The number of halogens is 1. The minimum absolute atomic E-state index is 0.00885. The lowest BCUT2D eigenvalue weighted by atomic mass is 9.86. The molecule has 0 aliphatic carbocycles. The Morgan fingerprint density at radius 2 is 1.76 bits per heavy atom. The molecule has 1 amide bonds. The van der Waals surface area contributed by atoms with Crippen LogP contribution in [0.3, 0.4) is 0 Å². The normalized spacial score (nSPS) is 12.0. The Hall–Kier alpha value is -4.28. The molecule has 2 aromatic heterocycles. The number of nitrogens with one attached hydrogen (secondary N) is 1. The zero-order valence-corrected chi connectivity index (χ0v) is 30.2. The number of benzene rings is 3. The van der Waals surface area contributed by atoms with Crippen molar-refractivity contribution in [2.24, 2.45) is 5.41 Å². The maximum atomic E-state index is 13.6. The predicted molar refractivity (Wildman–Crippen MR) is 197 cm³/mol. The van der Waals surface area contributed by atoms with Gasteiger partial charge in [-0.1, -0.05) is 82.6 Å². The molecule has 0 aliphatic rings. The average Bonchev–Trinajstić information content (AvgIpc) is 3.31. The van der Waals surface area contributed by atoms with Crippen molar-refractivity contribution >= 4 is 51.1 Å². The molecule has 1 N–H and O–H groups in total. The molecule has 0 atom stereocenters. The molecular weight excluding hydrogens is 660 g/mol. The molecule has 0 spiro atoms. The minimum atomic E-state index is -0.796. The number of nitrogens with zero attached hydrogens (tertiary/aromatic N) is 3. The highest BCUT2D eigenvalue weighted by Crippen LogP contribution is 2.44. The molecule has 0 aliphatic heterocycles. The van der Waals surface area contributed by atoms with E-state index in [-0.39, 0.29) is 17.3 Å². The Balaban J connectivity index is 1.48. The zero-order valence-electron chi connectivity index (χ0n) is 28.6. The molecule has 0 saturated carbocycles. The third-order valence-electron chi connectivity index (χ3n) is 8.07. The van der Waals surface area contributed by atoms with Crippen molar-refractivity contribution in [3.05, 3.63) is 111 Å². The summed E-state index contributed by atoms with van der Waals surface area (Å²) in [6, 6.07) is 26.2. The summed E-state index contributed by atoms with van der Waals surface area (Å²) in [4.78, 5) is 34.3. The number of carbonyl (C=O) groups is 1. The molecule has 0 saturated heterocycles. The molecule has 0 fully saturated rings. The highest BCUT2D eigenvalue weighted by molar-refractivity contribution is 8.00. The number of carbonyl (C=O) groups excluding carboxylic acids is 1. The molecule has 3 aromatic carbocycles. The van der Waals surface area contributed by atoms with E-state index in [0.29, 0.717) is 44.0 Å². The number of fused-ring (bicyclic) bond motifs is 2. The first-order valence-corrected chi connectivity index (χ1v) is 17.6. The molecule has 5 rings (SSSR count). The predicted octanol–water partition coefficient (Wildman–Crippen LogP) is 9.03. The summed E-state index contributed by atoms with van der Waals surface area (Å²) in [5.41, 5.74) is 4.24. The van der Waals surface area contributed by atoms with Crippen LogP contribution in [0.2, 0.25) is 5.02 Å². The van der Waals surface area contributed by atoms with Gasteiger partial charge in [-0.15, -0.1) is 21.9 Å². The van der Waals surface area contributed by atoms with Crippen LogP contribution in [0.15, 0.2) is 83.8 Å². The SMILES string of the molecule is CC(C)(C)Sc1c(CC(C)(C)C(=O)NCCCCO[N+](=O)[O-])n(Cc2ccc(Cl)cc2)c2ccc(OCc3ccc4ccccc4n3)cc12. The van der Waals surface area contributed by atoms with Crippen LogP contribution < -0.4 is 10.1 Å². The quantitative estimate of drug-likeness (QED) is 0.0502. The Morgan fingerprint density at radius 1 is 1.00 bits per heavy atom. The van der Waals surface area contributed by atoms with E-state index >= 15 is 0 Å². The van der Waals surface area contributed by atoms with Crippen molar-refractivity contribution in [3.8, 4) is 5.75 Å². The third kappa shape index (κ3) is 9.67. The van der Waals surface area contributed by atoms with Crippen LogP contribution >= 0.6 is 23.4 Å². The Bertz CT molecular complexity index is 1940. The van der Waals surface area contributed by atoms with Crippen molar-refractivity contribution in [3.63, 3.8) is 0 Å². The number of pyridine rings is 1. The van der Waals surface area contributed by atoms with Crippen LogP contribution in [0.25, 0.3) is 21.8 Å². The number of unbranched alkanes of at least 4 members (excludes halogenated alkanes) is 1. The number of ether oxygens (including phenoxy) is 1. The Labute approximate surface area is 296 Å². The van der Waals surface area contributed by atoms with E-state index < -0.39 is 10.5 Å². The molecule has 0 bridgehead atoms. The monoisotopic (exact) mass is 702 g/mol. The summed E-state index contributed by atoms with van der Waals surface area (Å²) in [6.07, 6.45) is 1.54. The van der Waals surface area contributed by atoms with Crippen LogP contribution in [0, 0.1) is 15.5 Å². The van der Waals surface area contributed by atoms with Crippen molar-refractivity contribution in [2.75, 3.05) is 13.2 Å². The first kappa shape index (κ1) is 36.0. The summed E-state index contributed by atoms with van der Waals surface area (Å²) >= 11 is 8.02. The van der Waals surface area contributed by atoms with Gasteiger partial charge in [0, 0.05) is 61.6 Å². The lowest BCUT2D eigenvalue weighted by Gasteiger charge is -2.27. The van der Waals surface area contributed by atoms with Gasteiger partial charge in [0.05, 0.1) is 17.8 Å². The van der Waals surface area contributed by atoms with E-state index in [2.05, 4.69) is 53.7 Å². The summed E-state index contributed by atoms with van der Waals surface area (Å²) in [7, 11) is 0. The second kappa shape index (κ2) is 15.5. The fourth-order valence-corrected chi connectivity index (χ4v) is 6.96. The van der Waals surface area contributed by atoms with Gasteiger partial charge in [-0.2, -0.15) is 0 Å². The van der Waals surface area contributed by atoms with Crippen LogP contribution in [-0.2, 0) is 29.2 Å². The number of amides is 1. The highest BCUT2D eigenvalue weighted by Gasteiger charge is 2.33. The van der Waals surface area contributed by atoms with Crippen LogP contribution in [0.5, 0.6) is 5.75 Å². The largest absolute Gasteiger partial charge is 0.487 e. The summed E-state index contributed by atoms with van der Waals surface area (Å²) in [5, 5.41) is 15.5. The van der Waals surface area contributed by atoms with E-state index in [9.17, 15) is 14.9 Å². The van der Waals surface area contributed by atoms with Crippen LogP contribution in [-0.4, -0.2) is 38.4 Å². The van der Waals surface area contributed by atoms with Crippen LogP contribution in [0.4, 0.5) is 0 Å². The van der Waals surface area contributed by atoms with Gasteiger partial charge in [-0.05, 0) is 60.9 Å². The molecule has 9 nitrogen and oxygen atoms in total. The summed E-state index contributed by atoms with van der Waals surface area (Å²) in [5.74, 6) is 0.663. The molecule has 0 unspecified atom stereocenters. The summed E-state index contributed by atoms with van der Waals surface area (Å²) < 4.78 is 8.53. The van der Waals surface area contributed by atoms with E-state index in [0.717, 1.165) is 49.4 Å². The van der Waals surface area contributed by atoms with Gasteiger partial charge in [0.25, 0.3) is 5.09 Å². The highest BCUT2D eigenvalue weighted by atomic mass is 35.5. The Morgan fingerprint density at radius 3 is 2.49 bits per heavy atom. The van der Waals surface area contributed by atoms with E-state index in [1.165, 1.54) is 0 Å². The lowest BCUT2D eigenvalue weighted by Crippen LogP contribution is -2.39. The third-order valence-corrected chi connectivity index (χ3v) is 9.60. The smallest absolute Gasteiger partial charge is 0.294 e. The fourth-order valence-electron chi connectivity index (χ4n) is 5.65. The number of hydrogen-bond donors (Lipinski definition) is 1. The van der Waals surface area contributed by atoms with Gasteiger partial charge in [0.1, 0.15) is 12.4 Å². The Kier molecular flexibility index (Phi) is 11.4. The molecule has 258 valence electrons. The fraction of sp³-hybridized carbons (Fsp3) is 0.368. The van der Waals surface area contributed by atoms with Gasteiger partial charge in [0.2, 0.25) is 5.91 Å². The number of para-hydroxylation sites is 1. The molecule has 2 heterocycles. The number of aromatic nitrogens is 2. The van der Waals surface area contributed by atoms with E-state index in [1.807, 2.05) is 74.5 Å².